The van der Waals surface area contributed by atoms with Gasteiger partial charge in [0.05, 0.1) is 6.54 Å². The molecule has 1 fully saturated rings. The normalized spacial score (nSPS) is 17.4. The molecule has 2 aromatic heterocycles. The highest BCUT2D eigenvalue weighted by atomic mass is 19.4. The second-order valence-corrected chi connectivity index (χ2v) is 7.83. The van der Waals surface area contributed by atoms with Crippen LogP contribution in [0.3, 0.4) is 0 Å². The third-order valence-electron chi connectivity index (χ3n) is 6.00. The highest BCUT2D eigenvalue weighted by Crippen LogP contribution is 2.30. The number of hydrogen-bond donors (Lipinski definition) is 0. The Bertz CT molecular complexity index is 922. The van der Waals surface area contributed by atoms with Gasteiger partial charge in [-0.25, -0.2) is 0 Å². The first-order chi connectivity index (χ1) is 14.6. The fourth-order valence-electron chi connectivity index (χ4n) is 4.15. The van der Waals surface area contributed by atoms with Gasteiger partial charge in [-0.05, 0) is 56.5 Å². The molecule has 3 heterocycles. The summed E-state index contributed by atoms with van der Waals surface area (Å²) in [6.45, 7) is 13.1. The lowest BCUT2D eigenvalue weighted by Gasteiger charge is -2.39. The average Bonchev–Trinajstić information content (AvgIpc) is 3.16. The number of halogens is 3. The predicted octanol–water partition coefficient (Wildman–Crippen LogP) is 5.75. The molecule has 7 heteroatoms. The smallest absolute Gasteiger partial charge is 0.318 e. The van der Waals surface area contributed by atoms with E-state index in [1.807, 2.05) is 46.8 Å². The van der Waals surface area contributed by atoms with Crippen molar-refractivity contribution in [3.63, 3.8) is 0 Å². The Morgan fingerprint density at radius 2 is 1.77 bits per heavy atom. The number of aromatic nitrogens is 1. The average molecular weight is 438 g/mol. The molecular weight excluding hydrogens is 403 g/mol. The summed E-state index contributed by atoms with van der Waals surface area (Å²) in [4.78, 5) is 15.3. The van der Waals surface area contributed by atoms with Crippen LogP contribution in [0.1, 0.15) is 67.8 Å². The number of aldehydes is 1. The molecule has 0 N–H and O–H groups in total. The Morgan fingerprint density at radius 3 is 2.29 bits per heavy atom. The van der Waals surface area contributed by atoms with Crippen LogP contribution in [0.5, 0.6) is 0 Å². The summed E-state index contributed by atoms with van der Waals surface area (Å²) in [7, 11) is 0. The number of piperazine rings is 1. The second-order valence-electron chi connectivity index (χ2n) is 7.83. The molecule has 0 bridgehead atoms. The van der Waals surface area contributed by atoms with E-state index in [4.69, 9.17) is 0 Å². The van der Waals surface area contributed by atoms with Crippen LogP contribution in [-0.4, -0.2) is 59.4 Å². The molecule has 3 rings (SSSR count). The molecule has 31 heavy (non-hydrogen) atoms. The molecule has 4 nitrogen and oxygen atoms in total. The van der Waals surface area contributed by atoms with Gasteiger partial charge >= 0.3 is 6.18 Å². The number of hydrogen-bond acceptors (Lipinski definition) is 3. The van der Waals surface area contributed by atoms with Gasteiger partial charge in [0.2, 0.25) is 0 Å². The van der Waals surface area contributed by atoms with Gasteiger partial charge in [0, 0.05) is 55.2 Å². The highest BCUT2D eigenvalue weighted by Gasteiger charge is 2.33. The van der Waals surface area contributed by atoms with Crippen molar-refractivity contribution in [3.05, 3.63) is 46.8 Å². The first kappa shape index (κ1) is 25.1. The minimum absolute atomic E-state index is 0.0170. The molecule has 172 valence electrons. The zero-order valence-corrected chi connectivity index (χ0v) is 19.4. The zero-order chi connectivity index (χ0) is 23.3. The molecule has 1 unspecified atom stereocenters. The third-order valence-corrected chi connectivity index (χ3v) is 6.00. The van der Waals surface area contributed by atoms with Crippen LogP contribution < -0.4 is 0 Å². The number of carbonyl (C=O) groups is 1. The predicted molar refractivity (Wildman–Crippen MR) is 121 cm³/mol. The van der Waals surface area contributed by atoms with Crippen LogP contribution in [0, 0.1) is 6.92 Å². The Hall–Kier alpha value is -2.12. The van der Waals surface area contributed by atoms with E-state index in [1.54, 1.807) is 0 Å². The second kappa shape index (κ2) is 10.5. The van der Waals surface area contributed by atoms with Gasteiger partial charge in [0.15, 0.2) is 0 Å². The van der Waals surface area contributed by atoms with E-state index in [2.05, 4.69) is 28.5 Å². The van der Waals surface area contributed by atoms with Crippen molar-refractivity contribution in [1.29, 1.82) is 0 Å². The molecule has 0 saturated carbocycles. The Kier molecular flexibility index (Phi) is 8.49. The van der Waals surface area contributed by atoms with Gasteiger partial charge in [0.25, 0.3) is 0 Å². The van der Waals surface area contributed by atoms with Crippen molar-refractivity contribution in [2.24, 2.45) is 0 Å². The molecule has 0 radical (unpaired) electrons. The third kappa shape index (κ3) is 5.77. The number of allylic oxidation sites excluding steroid dienone is 2. The minimum atomic E-state index is -4.17. The SMILES string of the molecule is C/C=C(\C)c1cc2cc(C=O)c(C)c(C(C)N3CCN(CC(F)(F)F)CC3)n2c1.CC. The number of fused-ring (bicyclic) bond motifs is 1. The summed E-state index contributed by atoms with van der Waals surface area (Å²) >= 11 is 0. The number of nitrogens with zero attached hydrogens (tertiary/aromatic N) is 3. The van der Waals surface area contributed by atoms with Gasteiger partial charge in [0.1, 0.15) is 6.29 Å². The summed E-state index contributed by atoms with van der Waals surface area (Å²) in [5, 5.41) is 0. The highest BCUT2D eigenvalue weighted by molar-refractivity contribution is 5.82. The lowest BCUT2D eigenvalue weighted by atomic mass is 10.0. The van der Waals surface area contributed by atoms with Crippen LogP contribution in [0.4, 0.5) is 13.2 Å². The van der Waals surface area contributed by atoms with Crippen molar-refractivity contribution >= 4 is 17.4 Å². The van der Waals surface area contributed by atoms with Crippen LogP contribution in [0.2, 0.25) is 0 Å². The van der Waals surface area contributed by atoms with Crippen molar-refractivity contribution in [2.75, 3.05) is 32.7 Å². The summed E-state index contributed by atoms with van der Waals surface area (Å²) in [6.07, 6.45) is 0.840. The first-order valence-electron chi connectivity index (χ1n) is 10.9. The van der Waals surface area contributed by atoms with Gasteiger partial charge in [-0.2, -0.15) is 13.2 Å². The summed E-state index contributed by atoms with van der Waals surface area (Å²) in [5.74, 6) is 0. The van der Waals surface area contributed by atoms with Crippen molar-refractivity contribution in [1.82, 2.24) is 14.2 Å². The van der Waals surface area contributed by atoms with Crippen LogP contribution in [0.15, 0.2) is 24.4 Å². The minimum Gasteiger partial charge on any atom is -0.318 e. The van der Waals surface area contributed by atoms with Crippen molar-refractivity contribution in [3.8, 4) is 0 Å². The topological polar surface area (TPSA) is 28.0 Å². The molecule has 0 spiro atoms. The molecule has 1 aliphatic rings. The lowest BCUT2D eigenvalue weighted by molar-refractivity contribution is -0.149. The maximum absolute atomic E-state index is 12.7. The summed E-state index contributed by atoms with van der Waals surface area (Å²) in [5.41, 5.74) is 5.78. The molecule has 0 amide bonds. The molecule has 0 aliphatic carbocycles. The van der Waals surface area contributed by atoms with Crippen molar-refractivity contribution in [2.45, 2.75) is 53.8 Å². The quantitative estimate of drug-likeness (QED) is 0.558. The fraction of sp³-hybridized carbons (Fsp3) is 0.542. The number of pyridine rings is 1. The van der Waals surface area contributed by atoms with Gasteiger partial charge < -0.3 is 4.40 Å². The Balaban J connectivity index is 0.00000166. The molecule has 1 aliphatic heterocycles. The van der Waals surface area contributed by atoms with E-state index in [1.165, 1.54) is 4.90 Å². The number of rotatable bonds is 5. The largest absolute Gasteiger partial charge is 0.401 e. The molecule has 1 saturated heterocycles. The van der Waals surface area contributed by atoms with Gasteiger partial charge in [-0.15, -0.1) is 0 Å². The van der Waals surface area contributed by atoms with E-state index < -0.39 is 12.7 Å². The Labute approximate surface area is 183 Å². The number of carbonyl (C=O) groups excluding carboxylic acids is 1. The number of alkyl halides is 3. The monoisotopic (exact) mass is 437 g/mol. The zero-order valence-electron chi connectivity index (χ0n) is 19.4. The molecule has 2 aromatic rings. The van der Waals surface area contributed by atoms with Gasteiger partial charge in [-0.3, -0.25) is 14.6 Å². The van der Waals surface area contributed by atoms with E-state index >= 15 is 0 Å². The van der Waals surface area contributed by atoms with Crippen molar-refractivity contribution < 1.29 is 18.0 Å². The van der Waals surface area contributed by atoms with E-state index in [-0.39, 0.29) is 6.04 Å². The standard InChI is InChI=1S/C22H28F3N3O.C2H6/c1-5-15(2)18-10-20-11-19(13-29)16(3)21(28(20)12-18)17(4)27-8-6-26(7-9-27)14-22(23,24)25;1-2/h5,10-13,17H,6-9,14H2,1-4H3;1-2H3/b15-5+;. The van der Waals surface area contributed by atoms with E-state index in [9.17, 15) is 18.0 Å². The van der Waals surface area contributed by atoms with E-state index in [0.29, 0.717) is 31.7 Å². The van der Waals surface area contributed by atoms with Crippen LogP contribution >= 0.6 is 0 Å². The first-order valence-corrected chi connectivity index (χ1v) is 10.9. The lowest BCUT2D eigenvalue weighted by Crippen LogP contribution is -2.49. The maximum atomic E-state index is 12.7. The van der Waals surface area contributed by atoms with Crippen LogP contribution in [-0.2, 0) is 0 Å². The fourth-order valence-corrected chi connectivity index (χ4v) is 4.15. The molecular formula is C24H34F3N3O. The molecule has 0 aromatic carbocycles. The summed E-state index contributed by atoms with van der Waals surface area (Å²) in [6, 6.07) is 3.95. The molecule has 1 atom stereocenters. The maximum Gasteiger partial charge on any atom is 0.401 e. The Morgan fingerprint density at radius 1 is 1.16 bits per heavy atom. The summed E-state index contributed by atoms with van der Waals surface area (Å²) < 4.78 is 40.1. The van der Waals surface area contributed by atoms with E-state index in [0.717, 1.165) is 34.2 Å². The van der Waals surface area contributed by atoms with Gasteiger partial charge in [-0.1, -0.05) is 19.9 Å². The van der Waals surface area contributed by atoms with Crippen LogP contribution in [0.25, 0.3) is 11.1 Å².